The number of allylic oxidation sites excluding steroid dienone is 2. The van der Waals surface area contributed by atoms with E-state index in [-0.39, 0.29) is 11.6 Å². The lowest BCUT2D eigenvalue weighted by atomic mass is 10.1. The summed E-state index contributed by atoms with van der Waals surface area (Å²) in [6.45, 7) is 0.482. The van der Waals surface area contributed by atoms with Crippen LogP contribution in [0.15, 0.2) is 84.9 Å². The van der Waals surface area contributed by atoms with Crippen LogP contribution in [0.5, 0.6) is 5.75 Å². The molecule has 6 nitrogen and oxygen atoms in total. The molecule has 1 aliphatic heterocycles. The van der Waals surface area contributed by atoms with Crippen molar-refractivity contribution in [2.45, 2.75) is 13.0 Å². The Balaban J connectivity index is 1.50. The van der Waals surface area contributed by atoms with E-state index in [1.54, 1.807) is 24.1 Å². The molecule has 0 spiro atoms. The number of nitrogens with zero attached hydrogens (tertiary/aromatic N) is 2. The Bertz CT molecular complexity index is 1200. The molecule has 0 bridgehead atoms. The van der Waals surface area contributed by atoms with Gasteiger partial charge in [0.15, 0.2) is 0 Å². The van der Waals surface area contributed by atoms with Crippen molar-refractivity contribution in [3.63, 3.8) is 0 Å². The standard InChI is InChI=1S/C26H22N2O4/c1-32-22-16-12-20(13-17-22)18-27-25-9-5-4-7-23(25)24(26(27)29)8-3-2-6-19-10-14-21(15-11-19)28(30)31/h2,4-17H,3,18H2,1H3/b6-2+,24-8-. The summed E-state index contributed by atoms with van der Waals surface area (Å²) in [4.78, 5) is 25.3. The van der Waals surface area contributed by atoms with Crippen molar-refractivity contribution in [2.24, 2.45) is 0 Å². The van der Waals surface area contributed by atoms with E-state index in [9.17, 15) is 14.9 Å². The maximum atomic E-state index is 13.2. The molecule has 0 unspecified atom stereocenters. The third-order valence-corrected chi connectivity index (χ3v) is 5.33. The Morgan fingerprint density at radius 3 is 2.41 bits per heavy atom. The van der Waals surface area contributed by atoms with Crippen LogP contribution in [-0.2, 0) is 11.3 Å². The first-order chi connectivity index (χ1) is 15.6. The van der Waals surface area contributed by atoms with E-state index in [2.05, 4.69) is 0 Å². The summed E-state index contributed by atoms with van der Waals surface area (Å²) in [6.07, 6.45) is 6.33. The topological polar surface area (TPSA) is 72.7 Å². The normalized spacial score (nSPS) is 14.2. The molecular weight excluding hydrogens is 404 g/mol. The molecule has 0 aliphatic carbocycles. The fourth-order valence-corrected chi connectivity index (χ4v) is 3.67. The summed E-state index contributed by atoms with van der Waals surface area (Å²) in [5, 5.41) is 10.8. The minimum atomic E-state index is -0.418. The fraction of sp³-hybridized carbons (Fsp3) is 0.115. The number of anilines is 1. The molecule has 1 aliphatic rings. The third kappa shape index (κ3) is 4.44. The van der Waals surface area contributed by atoms with Crippen molar-refractivity contribution >= 4 is 28.9 Å². The highest BCUT2D eigenvalue weighted by molar-refractivity contribution is 6.32. The number of hydrogen-bond acceptors (Lipinski definition) is 4. The first kappa shape index (κ1) is 21.1. The molecule has 32 heavy (non-hydrogen) atoms. The Morgan fingerprint density at radius 1 is 1.00 bits per heavy atom. The van der Waals surface area contributed by atoms with Crippen molar-refractivity contribution < 1.29 is 14.5 Å². The van der Waals surface area contributed by atoms with E-state index >= 15 is 0 Å². The summed E-state index contributed by atoms with van der Waals surface area (Å²) in [5.74, 6) is 0.757. The number of carbonyl (C=O) groups is 1. The van der Waals surface area contributed by atoms with Gasteiger partial charge in [-0.25, -0.2) is 0 Å². The van der Waals surface area contributed by atoms with E-state index in [4.69, 9.17) is 4.74 Å². The van der Waals surface area contributed by atoms with Gasteiger partial charge in [0, 0.05) is 23.3 Å². The van der Waals surface area contributed by atoms with Gasteiger partial charge in [-0.3, -0.25) is 14.9 Å². The summed E-state index contributed by atoms with van der Waals surface area (Å²) >= 11 is 0. The van der Waals surface area contributed by atoms with Gasteiger partial charge >= 0.3 is 0 Å². The predicted molar refractivity (Wildman–Crippen MR) is 125 cm³/mol. The second-order valence-corrected chi connectivity index (χ2v) is 7.36. The zero-order valence-electron chi connectivity index (χ0n) is 17.6. The lowest BCUT2D eigenvalue weighted by Gasteiger charge is -2.17. The molecule has 0 atom stereocenters. The first-order valence-corrected chi connectivity index (χ1v) is 10.2. The molecule has 3 aromatic rings. The maximum absolute atomic E-state index is 13.2. The van der Waals surface area contributed by atoms with Crippen LogP contribution in [0.2, 0.25) is 0 Å². The van der Waals surface area contributed by atoms with Crippen LogP contribution >= 0.6 is 0 Å². The summed E-state index contributed by atoms with van der Waals surface area (Å²) < 4.78 is 5.21. The van der Waals surface area contributed by atoms with E-state index < -0.39 is 4.92 Å². The number of para-hydroxylation sites is 1. The van der Waals surface area contributed by atoms with Gasteiger partial charge in [-0.05, 0) is 47.9 Å². The van der Waals surface area contributed by atoms with Crippen LogP contribution in [-0.4, -0.2) is 17.9 Å². The van der Waals surface area contributed by atoms with E-state index in [0.717, 1.165) is 28.1 Å². The third-order valence-electron chi connectivity index (χ3n) is 5.33. The number of amides is 1. The second-order valence-electron chi connectivity index (χ2n) is 7.36. The van der Waals surface area contributed by atoms with Gasteiger partial charge in [-0.1, -0.05) is 48.6 Å². The number of non-ortho nitro benzene ring substituents is 1. The SMILES string of the molecule is COc1ccc(CN2C(=O)/C(=C\C/C=C/c3ccc([N+](=O)[O-])cc3)c3ccccc32)cc1. The van der Waals surface area contributed by atoms with E-state index in [1.165, 1.54) is 12.1 Å². The number of rotatable bonds is 7. The number of nitro groups is 1. The number of fused-ring (bicyclic) bond motifs is 1. The molecule has 0 radical (unpaired) electrons. The Hall–Kier alpha value is -4.19. The Kier molecular flexibility index (Phi) is 6.12. The quantitative estimate of drug-likeness (QED) is 0.279. The number of hydrogen-bond donors (Lipinski definition) is 0. The molecule has 0 aromatic heterocycles. The van der Waals surface area contributed by atoms with Crippen LogP contribution in [0, 0.1) is 10.1 Å². The molecule has 6 heteroatoms. The predicted octanol–water partition coefficient (Wildman–Crippen LogP) is 5.64. The monoisotopic (exact) mass is 426 g/mol. The van der Waals surface area contributed by atoms with Gasteiger partial charge in [0.05, 0.1) is 24.3 Å². The number of methoxy groups -OCH3 is 1. The van der Waals surface area contributed by atoms with Crippen molar-refractivity contribution in [3.8, 4) is 5.75 Å². The molecule has 4 rings (SSSR count). The van der Waals surface area contributed by atoms with Gasteiger partial charge in [-0.15, -0.1) is 0 Å². The summed E-state index contributed by atoms with van der Waals surface area (Å²) in [6, 6.07) is 21.9. The van der Waals surface area contributed by atoms with Gasteiger partial charge in [0.25, 0.3) is 11.6 Å². The smallest absolute Gasteiger partial charge is 0.269 e. The van der Waals surface area contributed by atoms with Crippen LogP contribution in [0.4, 0.5) is 11.4 Å². The van der Waals surface area contributed by atoms with E-state index in [0.29, 0.717) is 18.5 Å². The molecule has 1 heterocycles. The molecule has 160 valence electrons. The number of benzene rings is 3. The highest BCUT2D eigenvalue weighted by atomic mass is 16.6. The lowest BCUT2D eigenvalue weighted by molar-refractivity contribution is -0.384. The number of carbonyl (C=O) groups excluding carboxylic acids is 1. The average Bonchev–Trinajstić information content (AvgIpc) is 3.08. The molecule has 0 saturated carbocycles. The largest absolute Gasteiger partial charge is 0.497 e. The molecule has 0 saturated heterocycles. The van der Waals surface area contributed by atoms with Crippen molar-refractivity contribution in [3.05, 3.63) is 112 Å². The molecule has 3 aromatic carbocycles. The zero-order chi connectivity index (χ0) is 22.5. The number of ether oxygens (including phenoxy) is 1. The van der Waals surface area contributed by atoms with Gasteiger partial charge in [0.1, 0.15) is 5.75 Å². The van der Waals surface area contributed by atoms with Gasteiger partial charge in [0.2, 0.25) is 0 Å². The minimum Gasteiger partial charge on any atom is -0.497 e. The first-order valence-electron chi connectivity index (χ1n) is 10.2. The molecular formula is C26H22N2O4. The van der Waals surface area contributed by atoms with Gasteiger partial charge < -0.3 is 9.64 Å². The number of nitro benzene ring substituents is 1. The maximum Gasteiger partial charge on any atom is 0.269 e. The molecule has 1 amide bonds. The average molecular weight is 426 g/mol. The summed E-state index contributed by atoms with van der Waals surface area (Å²) in [7, 11) is 1.63. The van der Waals surface area contributed by atoms with Gasteiger partial charge in [-0.2, -0.15) is 0 Å². The van der Waals surface area contributed by atoms with E-state index in [1.807, 2.05) is 66.8 Å². The molecule has 0 N–H and O–H groups in total. The minimum absolute atomic E-state index is 0.0225. The van der Waals surface area contributed by atoms with Crippen molar-refractivity contribution in [2.75, 3.05) is 12.0 Å². The van der Waals surface area contributed by atoms with Crippen LogP contribution < -0.4 is 9.64 Å². The lowest BCUT2D eigenvalue weighted by Crippen LogP contribution is -2.25. The summed E-state index contributed by atoms with van der Waals surface area (Å²) in [5.41, 5.74) is 4.46. The Labute approximate surface area is 186 Å². The molecule has 0 fully saturated rings. The van der Waals surface area contributed by atoms with Crippen molar-refractivity contribution in [1.29, 1.82) is 0 Å². The Morgan fingerprint density at radius 2 is 1.72 bits per heavy atom. The highest BCUT2D eigenvalue weighted by Crippen LogP contribution is 2.37. The van der Waals surface area contributed by atoms with Crippen LogP contribution in [0.1, 0.15) is 23.1 Å². The van der Waals surface area contributed by atoms with Crippen LogP contribution in [0.3, 0.4) is 0 Å². The van der Waals surface area contributed by atoms with Crippen molar-refractivity contribution in [1.82, 2.24) is 0 Å². The zero-order valence-corrected chi connectivity index (χ0v) is 17.6. The highest BCUT2D eigenvalue weighted by Gasteiger charge is 2.31. The second kappa shape index (κ2) is 9.31. The van der Waals surface area contributed by atoms with Crippen LogP contribution in [0.25, 0.3) is 11.6 Å². The fourth-order valence-electron chi connectivity index (χ4n) is 3.67.